The minimum atomic E-state index is -2.77. The molecule has 94 valence electrons. The highest BCUT2D eigenvalue weighted by atomic mass is 32.2. The standard InChI is InChI=1S/C13H19NO2S/c1-2-11-3-5-12(6-4-11)9-14-13-7-8-17(15,16)10-13/h3-6,13-14H,2,7-10H2,1H3/t13-/m0/s1. The van der Waals surface area contributed by atoms with E-state index in [1.165, 1.54) is 11.1 Å². The molecule has 0 spiro atoms. The van der Waals surface area contributed by atoms with E-state index in [0.717, 1.165) is 19.4 Å². The van der Waals surface area contributed by atoms with Crippen LogP contribution in [0.5, 0.6) is 0 Å². The molecule has 2 rings (SSSR count). The molecular weight excluding hydrogens is 234 g/mol. The summed E-state index contributed by atoms with van der Waals surface area (Å²) in [6.45, 7) is 2.89. The highest BCUT2D eigenvalue weighted by molar-refractivity contribution is 7.91. The Morgan fingerprint density at radius 3 is 2.41 bits per heavy atom. The quantitative estimate of drug-likeness (QED) is 0.885. The summed E-state index contributed by atoms with van der Waals surface area (Å²) < 4.78 is 22.6. The lowest BCUT2D eigenvalue weighted by Crippen LogP contribution is -2.29. The first-order valence-corrected chi connectivity index (χ1v) is 7.93. The van der Waals surface area contributed by atoms with Gasteiger partial charge in [-0.3, -0.25) is 0 Å². The summed E-state index contributed by atoms with van der Waals surface area (Å²) in [7, 11) is -2.77. The average Bonchev–Trinajstić information content (AvgIpc) is 2.67. The highest BCUT2D eigenvalue weighted by Gasteiger charge is 2.27. The van der Waals surface area contributed by atoms with Gasteiger partial charge in [0.05, 0.1) is 11.5 Å². The van der Waals surface area contributed by atoms with Crippen molar-refractivity contribution in [1.82, 2.24) is 5.32 Å². The summed E-state index contributed by atoms with van der Waals surface area (Å²) in [5.41, 5.74) is 2.55. The second-order valence-electron chi connectivity index (χ2n) is 4.65. The number of nitrogens with one attached hydrogen (secondary N) is 1. The largest absolute Gasteiger partial charge is 0.309 e. The molecule has 4 heteroatoms. The van der Waals surface area contributed by atoms with Gasteiger partial charge in [0.15, 0.2) is 9.84 Å². The van der Waals surface area contributed by atoms with Crippen molar-refractivity contribution in [3.63, 3.8) is 0 Å². The van der Waals surface area contributed by atoms with Crippen molar-refractivity contribution in [3.8, 4) is 0 Å². The normalized spacial score (nSPS) is 22.8. The van der Waals surface area contributed by atoms with Crippen LogP contribution in [0.1, 0.15) is 24.5 Å². The molecule has 0 radical (unpaired) electrons. The van der Waals surface area contributed by atoms with Crippen LogP contribution in [0.15, 0.2) is 24.3 Å². The molecule has 0 bridgehead atoms. The zero-order chi connectivity index (χ0) is 12.3. The van der Waals surface area contributed by atoms with E-state index in [9.17, 15) is 8.42 Å². The summed E-state index contributed by atoms with van der Waals surface area (Å²) in [4.78, 5) is 0. The number of aryl methyl sites for hydroxylation is 1. The Hall–Kier alpha value is -0.870. The molecule has 1 aromatic carbocycles. The van der Waals surface area contributed by atoms with Crippen LogP contribution in [0.4, 0.5) is 0 Å². The van der Waals surface area contributed by atoms with Crippen molar-refractivity contribution >= 4 is 9.84 Å². The first kappa shape index (κ1) is 12.6. The fourth-order valence-corrected chi connectivity index (χ4v) is 3.82. The molecule has 1 atom stereocenters. The van der Waals surface area contributed by atoms with Crippen LogP contribution < -0.4 is 5.32 Å². The molecule has 1 aliphatic heterocycles. The minimum Gasteiger partial charge on any atom is -0.309 e. The number of hydrogen-bond donors (Lipinski definition) is 1. The molecular formula is C13H19NO2S. The third kappa shape index (κ3) is 3.54. The Kier molecular flexibility index (Phi) is 3.84. The smallest absolute Gasteiger partial charge is 0.151 e. The van der Waals surface area contributed by atoms with Crippen molar-refractivity contribution < 1.29 is 8.42 Å². The van der Waals surface area contributed by atoms with Gasteiger partial charge in [-0.1, -0.05) is 31.2 Å². The van der Waals surface area contributed by atoms with Crippen LogP contribution in [-0.4, -0.2) is 26.0 Å². The number of sulfone groups is 1. The van der Waals surface area contributed by atoms with E-state index in [2.05, 4.69) is 36.5 Å². The van der Waals surface area contributed by atoms with E-state index in [1.54, 1.807) is 0 Å². The summed E-state index contributed by atoms with van der Waals surface area (Å²) >= 11 is 0. The van der Waals surface area contributed by atoms with Crippen molar-refractivity contribution in [2.24, 2.45) is 0 Å². The lowest BCUT2D eigenvalue weighted by molar-refractivity contribution is 0.554. The fourth-order valence-electron chi connectivity index (χ4n) is 2.11. The van der Waals surface area contributed by atoms with E-state index in [0.29, 0.717) is 11.5 Å². The van der Waals surface area contributed by atoms with Crippen molar-refractivity contribution in [2.75, 3.05) is 11.5 Å². The molecule has 17 heavy (non-hydrogen) atoms. The Bertz CT molecular complexity index is 465. The number of rotatable bonds is 4. The Balaban J connectivity index is 1.86. The van der Waals surface area contributed by atoms with Gasteiger partial charge in [-0.25, -0.2) is 8.42 Å². The lowest BCUT2D eigenvalue weighted by Gasteiger charge is -2.10. The Morgan fingerprint density at radius 2 is 1.88 bits per heavy atom. The molecule has 0 aliphatic carbocycles. The van der Waals surface area contributed by atoms with E-state index in [1.807, 2.05) is 0 Å². The van der Waals surface area contributed by atoms with Gasteiger partial charge in [0.1, 0.15) is 0 Å². The van der Waals surface area contributed by atoms with Gasteiger partial charge in [0.25, 0.3) is 0 Å². The fraction of sp³-hybridized carbons (Fsp3) is 0.538. The van der Waals surface area contributed by atoms with Crippen LogP contribution in [0, 0.1) is 0 Å². The third-order valence-corrected chi connectivity index (χ3v) is 5.03. The molecule has 0 saturated carbocycles. The van der Waals surface area contributed by atoms with Gasteiger partial charge < -0.3 is 5.32 Å². The maximum absolute atomic E-state index is 11.3. The molecule has 3 nitrogen and oxygen atoms in total. The maximum Gasteiger partial charge on any atom is 0.151 e. The topological polar surface area (TPSA) is 46.2 Å². The zero-order valence-corrected chi connectivity index (χ0v) is 11.0. The molecule has 1 fully saturated rings. The van der Waals surface area contributed by atoms with E-state index in [-0.39, 0.29) is 6.04 Å². The minimum absolute atomic E-state index is 0.130. The van der Waals surface area contributed by atoms with Crippen LogP contribution in [-0.2, 0) is 22.8 Å². The maximum atomic E-state index is 11.3. The Morgan fingerprint density at radius 1 is 1.24 bits per heavy atom. The second-order valence-corrected chi connectivity index (χ2v) is 6.88. The van der Waals surface area contributed by atoms with Gasteiger partial charge in [0, 0.05) is 12.6 Å². The van der Waals surface area contributed by atoms with Crippen molar-refractivity contribution in [1.29, 1.82) is 0 Å². The molecule has 1 N–H and O–H groups in total. The van der Waals surface area contributed by atoms with Crippen LogP contribution in [0.3, 0.4) is 0 Å². The van der Waals surface area contributed by atoms with Gasteiger partial charge in [-0.05, 0) is 24.0 Å². The third-order valence-electron chi connectivity index (χ3n) is 3.26. The van der Waals surface area contributed by atoms with E-state index >= 15 is 0 Å². The number of benzene rings is 1. The molecule has 1 heterocycles. The molecule has 1 saturated heterocycles. The molecule has 0 aromatic heterocycles. The first-order valence-electron chi connectivity index (χ1n) is 6.10. The van der Waals surface area contributed by atoms with Crippen LogP contribution in [0.25, 0.3) is 0 Å². The summed E-state index contributed by atoms with van der Waals surface area (Å²) in [5, 5.41) is 3.31. The Labute approximate surface area is 103 Å². The van der Waals surface area contributed by atoms with Gasteiger partial charge in [-0.15, -0.1) is 0 Å². The zero-order valence-electron chi connectivity index (χ0n) is 10.1. The van der Waals surface area contributed by atoms with E-state index < -0.39 is 9.84 Å². The molecule has 0 unspecified atom stereocenters. The lowest BCUT2D eigenvalue weighted by atomic mass is 10.1. The van der Waals surface area contributed by atoms with Gasteiger partial charge in [0.2, 0.25) is 0 Å². The molecule has 0 amide bonds. The SMILES string of the molecule is CCc1ccc(CN[C@H]2CCS(=O)(=O)C2)cc1. The second kappa shape index (κ2) is 5.19. The monoisotopic (exact) mass is 253 g/mol. The average molecular weight is 253 g/mol. The number of hydrogen-bond acceptors (Lipinski definition) is 3. The predicted molar refractivity (Wildman–Crippen MR) is 69.7 cm³/mol. The predicted octanol–water partition coefficient (Wildman–Crippen LogP) is 1.53. The van der Waals surface area contributed by atoms with Crippen LogP contribution in [0.2, 0.25) is 0 Å². The highest BCUT2D eigenvalue weighted by Crippen LogP contribution is 2.12. The summed E-state index contributed by atoms with van der Waals surface area (Å²) in [6, 6.07) is 8.60. The van der Waals surface area contributed by atoms with Crippen molar-refractivity contribution in [2.45, 2.75) is 32.4 Å². The van der Waals surface area contributed by atoms with Crippen LogP contribution >= 0.6 is 0 Å². The van der Waals surface area contributed by atoms with Gasteiger partial charge >= 0.3 is 0 Å². The first-order chi connectivity index (χ1) is 8.09. The summed E-state index contributed by atoms with van der Waals surface area (Å²) in [6.07, 6.45) is 1.80. The van der Waals surface area contributed by atoms with Crippen molar-refractivity contribution in [3.05, 3.63) is 35.4 Å². The molecule has 1 aliphatic rings. The summed E-state index contributed by atoms with van der Waals surface area (Å²) in [5.74, 6) is 0.624. The molecule has 1 aromatic rings. The van der Waals surface area contributed by atoms with Gasteiger partial charge in [-0.2, -0.15) is 0 Å². The van der Waals surface area contributed by atoms with E-state index in [4.69, 9.17) is 0 Å².